The van der Waals surface area contributed by atoms with Crippen molar-refractivity contribution in [1.82, 2.24) is 20.4 Å². The van der Waals surface area contributed by atoms with Crippen LogP contribution in [0.15, 0.2) is 67.0 Å². The van der Waals surface area contributed by atoms with Gasteiger partial charge in [-0.2, -0.15) is 5.10 Å². The third-order valence-corrected chi connectivity index (χ3v) is 4.22. The van der Waals surface area contributed by atoms with Crippen molar-refractivity contribution in [1.29, 1.82) is 0 Å². The van der Waals surface area contributed by atoms with Gasteiger partial charge in [-0.1, -0.05) is 12.1 Å². The van der Waals surface area contributed by atoms with Gasteiger partial charge in [-0.25, -0.2) is 4.68 Å². The van der Waals surface area contributed by atoms with Gasteiger partial charge in [-0.3, -0.25) is 14.4 Å². The molecule has 0 bridgehead atoms. The minimum absolute atomic E-state index is 0.0924. The molecule has 0 radical (unpaired) electrons. The number of carbonyl (C=O) groups excluding carboxylic acids is 3. The molecule has 3 rings (SSSR count). The number of benzene rings is 2. The first kappa shape index (κ1) is 21.6. The molecule has 160 valence electrons. The summed E-state index contributed by atoms with van der Waals surface area (Å²) >= 11 is 0. The highest BCUT2D eigenvalue weighted by Gasteiger charge is 2.13. The predicted octanol–water partition coefficient (Wildman–Crippen LogP) is 1.64. The van der Waals surface area contributed by atoms with Gasteiger partial charge >= 0.3 is 11.8 Å². The Bertz CT molecular complexity index is 1020. The van der Waals surface area contributed by atoms with Crippen LogP contribution in [0, 0.1) is 0 Å². The molecule has 0 saturated carbocycles. The maximum Gasteiger partial charge on any atom is 0.313 e. The summed E-state index contributed by atoms with van der Waals surface area (Å²) in [6, 6.07) is 15.7. The second-order valence-corrected chi connectivity index (χ2v) is 6.52. The van der Waals surface area contributed by atoms with Crippen molar-refractivity contribution in [2.24, 2.45) is 0 Å². The summed E-state index contributed by atoms with van der Waals surface area (Å²) in [5, 5.41) is 11.9. The molecular weight excluding hydrogens is 398 g/mol. The van der Waals surface area contributed by atoms with E-state index < -0.39 is 11.8 Å². The molecule has 3 aromatic rings. The third kappa shape index (κ3) is 6.43. The summed E-state index contributed by atoms with van der Waals surface area (Å²) in [6.07, 6.45) is 3.53. The van der Waals surface area contributed by atoms with Gasteiger partial charge in [0, 0.05) is 31.2 Å². The molecule has 1 aromatic heterocycles. The van der Waals surface area contributed by atoms with E-state index in [0.717, 1.165) is 11.3 Å². The van der Waals surface area contributed by atoms with Crippen LogP contribution >= 0.6 is 0 Å². The average molecular weight is 421 g/mol. The molecule has 0 atom stereocenters. The fraction of sp³-hybridized carbons (Fsp3) is 0.182. The van der Waals surface area contributed by atoms with Gasteiger partial charge in [0.25, 0.3) is 5.91 Å². The maximum absolute atomic E-state index is 12.1. The van der Waals surface area contributed by atoms with E-state index in [1.54, 1.807) is 35.1 Å². The Balaban J connectivity index is 1.45. The molecule has 31 heavy (non-hydrogen) atoms. The summed E-state index contributed by atoms with van der Waals surface area (Å²) < 4.78 is 7.07. The van der Waals surface area contributed by atoms with Gasteiger partial charge < -0.3 is 20.7 Å². The third-order valence-electron chi connectivity index (χ3n) is 4.22. The predicted molar refractivity (Wildman–Crippen MR) is 115 cm³/mol. The van der Waals surface area contributed by atoms with Crippen LogP contribution in [0.5, 0.6) is 5.75 Å². The molecular formula is C22H23N5O4. The zero-order valence-electron chi connectivity index (χ0n) is 17.0. The number of anilines is 1. The Morgan fingerprint density at radius 1 is 0.968 bits per heavy atom. The van der Waals surface area contributed by atoms with Crippen LogP contribution in [0.3, 0.4) is 0 Å². The summed E-state index contributed by atoms with van der Waals surface area (Å²) in [4.78, 5) is 35.6. The van der Waals surface area contributed by atoms with E-state index in [0.29, 0.717) is 18.0 Å². The highest BCUT2D eigenvalue weighted by molar-refractivity contribution is 6.39. The second-order valence-electron chi connectivity index (χ2n) is 6.52. The number of nitrogens with one attached hydrogen (secondary N) is 3. The minimum atomic E-state index is -0.774. The van der Waals surface area contributed by atoms with Gasteiger partial charge in [-0.15, -0.1) is 0 Å². The molecule has 0 fully saturated rings. The van der Waals surface area contributed by atoms with Gasteiger partial charge in [0.1, 0.15) is 5.75 Å². The van der Waals surface area contributed by atoms with E-state index in [4.69, 9.17) is 4.74 Å². The standard InChI is InChI=1S/C22H23N5O4/c1-2-23-20(28)15-31-19-10-6-17(7-11-19)26-22(30)21(29)24-14-16-4-8-18(9-5-16)27-13-3-12-25-27/h3-13H,2,14-15H2,1H3,(H,23,28)(H,24,29)(H,26,30). The van der Waals surface area contributed by atoms with Gasteiger partial charge in [0.05, 0.1) is 5.69 Å². The Morgan fingerprint density at radius 2 is 1.71 bits per heavy atom. The van der Waals surface area contributed by atoms with Crippen molar-refractivity contribution < 1.29 is 19.1 Å². The van der Waals surface area contributed by atoms with Crippen LogP contribution in [-0.2, 0) is 20.9 Å². The summed E-state index contributed by atoms with van der Waals surface area (Å²) in [7, 11) is 0. The number of rotatable bonds is 8. The maximum atomic E-state index is 12.1. The van der Waals surface area contributed by atoms with Crippen molar-refractivity contribution in [3.63, 3.8) is 0 Å². The lowest BCUT2D eigenvalue weighted by molar-refractivity contribution is -0.136. The molecule has 0 spiro atoms. The van der Waals surface area contributed by atoms with Crippen molar-refractivity contribution in [2.75, 3.05) is 18.5 Å². The fourth-order valence-corrected chi connectivity index (χ4v) is 2.67. The Labute approximate surface area is 179 Å². The fourth-order valence-electron chi connectivity index (χ4n) is 2.67. The van der Waals surface area contributed by atoms with Crippen molar-refractivity contribution >= 4 is 23.4 Å². The van der Waals surface area contributed by atoms with E-state index in [2.05, 4.69) is 21.0 Å². The van der Waals surface area contributed by atoms with Crippen molar-refractivity contribution in [3.05, 3.63) is 72.6 Å². The quantitative estimate of drug-likeness (QED) is 0.479. The first-order chi connectivity index (χ1) is 15.0. The molecule has 9 nitrogen and oxygen atoms in total. The lowest BCUT2D eigenvalue weighted by atomic mass is 10.2. The van der Waals surface area contributed by atoms with Crippen LogP contribution < -0.4 is 20.7 Å². The van der Waals surface area contributed by atoms with E-state index in [-0.39, 0.29) is 19.1 Å². The van der Waals surface area contributed by atoms with Crippen LogP contribution in [0.2, 0.25) is 0 Å². The Morgan fingerprint density at radius 3 is 2.35 bits per heavy atom. The number of hydrogen-bond acceptors (Lipinski definition) is 5. The number of likely N-dealkylation sites (N-methyl/N-ethyl adjacent to an activating group) is 1. The highest BCUT2D eigenvalue weighted by Crippen LogP contribution is 2.15. The molecule has 0 unspecified atom stereocenters. The molecule has 3 N–H and O–H groups in total. The van der Waals surface area contributed by atoms with E-state index in [1.165, 1.54) is 0 Å². The Hall–Kier alpha value is -4.14. The van der Waals surface area contributed by atoms with Crippen LogP contribution in [-0.4, -0.2) is 40.7 Å². The van der Waals surface area contributed by atoms with E-state index in [9.17, 15) is 14.4 Å². The number of nitrogens with zero attached hydrogens (tertiary/aromatic N) is 2. The normalized spacial score (nSPS) is 10.2. The number of hydrogen-bond donors (Lipinski definition) is 3. The largest absolute Gasteiger partial charge is 0.484 e. The lowest BCUT2D eigenvalue weighted by Gasteiger charge is -2.09. The first-order valence-electron chi connectivity index (χ1n) is 9.73. The van der Waals surface area contributed by atoms with Gasteiger partial charge in [-0.05, 0) is 55.0 Å². The zero-order valence-corrected chi connectivity index (χ0v) is 17.0. The number of aromatic nitrogens is 2. The molecule has 1 heterocycles. The average Bonchev–Trinajstić information content (AvgIpc) is 3.32. The zero-order chi connectivity index (χ0) is 22.1. The van der Waals surface area contributed by atoms with E-state index >= 15 is 0 Å². The molecule has 0 aliphatic heterocycles. The van der Waals surface area contributed by atoms with Crippen LogP contribution in [0.25, 0.3) is 5.69 Å². The lowest BCUT2D eigenvalue weighted by Crippen LogP contribution is -2.34. The molecule has 0 saturated heterocycles. The topological polar surface area (TPSA) is 114 Å². The van der Waals surface area contributed by atoms with Gasteiger partial charge in [0.2, 0.25) is 0 Å². The molecule has 0 aliphatic rings. The van der Waals surface area contributed by atoms with Crippen LogP contribution in [0.4, 0.5) is 5.69 Å². The minimum Gasteiger partial charge on any atom is -0.484 e. The molecule has 0 aliphatic carbocycles. The summed E-state index contributed by atoms with van der Waals surface area (Å²) in [5.41, 5.74) is 2.19. The van der Waals surface area contributed by atoms with Gasteiger partial charge in [0.15, 0.2) is 6.61 Å². The van der Waals surface area contributed by atoms with Crippen molar-refractivity contribution in [2.45, 2.75) is 13.5 Å². The van der Waals surface area contributed by atoms with Crippen LogP contribution in [0.1, 0.15) is 12.5 Å². The first-order valence-corrected chi connectivity index (χ1v) is 9.73. The smallest absolute Gasteiger partial charge is 0.313 e. The summed E-state index contributed by atoms with van der Waals surface area (Å²) in [5.74, 6) is -1.25. The molecule has 3 amide bonds. The SMILES string of the molecule is CCNC(=O)COc1ccc(NC(=O)C(=O)NCc2ccc(-n3cccn3)cc2)cc1. The number of amides is 3. The summed E-state index contributed by atoms with van der Waals surface area (Å²) in [6.45, 7) is 2.49. The highest BCUT2D eigenvalue weighted by atomic mass is 16.5. The molecule has 2 aromatic carbocycles. The Kier molecular flexibility index (Phi) is 7.36. The van der Waals surface area contributed by atoms with E-state index in [1.807, 2.05) is 43.5 Å². The number of carbonyl (C=O) groups is 3. The molecule has 9 heteroatoms. The second kappa shape index (κ2) is 10.6. The monoisotopic (exact) mass is 421 g/mol. The number of ether oxygens (including phenoxy) is 1. The van der Waals surface area contributed by atoms with Crippen molar-refractivity contribution in [3.8, 4) is 11.4 Å².